The van der Waals surface area contributed by atoms with Gasteiger partial charge in [-0.25, -0.2) is 4.98 Å². The average Bonchev–Trinajstić information content (AvgIpc) is 3.42. The van der Waals surface area contributed by atoms with E-state index in [-0.39, 0.29) is 11.8 Å². The number of hydrogen-bond donors (Lipinski definition) is 1. The Morgan fingerprint density at radius 1 is 0.944 bits per heavy atom. The van der Waals surface area contributed by atoms with Crippen molar-refractivity contribution >= 4 is 17.5 Å². The molecule has 0 saturated carbocycles. The topological polar surface area (TPSA) is 82.2 Å². The average molecular weight is 488 g/mol. The molecule has 1 N–H and O–H groups in total. The molecule has 0 unspecified atom stereocenters. The predicted molar refractivity (Wildman–Crippen MR) is 143 cm³/mol. The van der Waals surface area contributed by atoms with Gasteiger partial charge in [-0.05, 0) is 42.5 Å². The summed E-state index contributed by atoms with van der Waals surface area (Å²) < 4.78 is 0. The summed E-state index contributed by atoms with van der Waals surface area (Å²) in [5.74, 6) is 1.08. The molecule has 7 heteroatoms. The van der Waals surface area contributed by atoms with Crippen LogP contribution in [-0.4, -0.2) is 45.0 Å². The van der Waals surface area contributed by atoms with Crippen molar-refractivity contribution in [1.82, 2.24) is 20.1 Å². The van der Waals surface area contributed by atoms with Crippen molar-refractivity contribution in [3.8, 4) is 11.4 Å². The lowest BCUT2D eigenvalue weighted by Crippen LogP contribution is -2.35. The summed E-state index contributed by atoms with van der Waals surface area (Å²) in [6, 6.07) is 15.6. The molecule has 0 fully saturated rings. The fourth-order valence-electron chi connectivity index (χ4n) is 4.81. The van der Waals surface area contributed by atoms with Crippen LogP contribution in [0, 0.1) is 5.92 Å². The minimum absolute atomic E-state index is 0.0129. The minimum atomic E-state index is -0.0129. The molecule has 36 heavy (non-hydrogen) atoms. The third-order valence-corrected chi connectivity index (χ3v) is 6.67. The van der Waals surface area contributed by atoms with Crippen LogP contribution in [0.2, 0.25) is 0 Å². The molecule has 190 valence electrons. The highest BCUT2D eigenvalue weighted by molar-refractivity contribution is 5.96. The normalized spacial score (nSPS) is 15.5. The van der Waals surface area contributed by atoms with Gasteiger partial charge in [0.05, 0.1) is 0 Å². The Labute approximate surface area is 213 Å². The van der Waals surface area contributed by atoms with E-state index in [1.807, 2.05) is 52.3 Å². The first-order chi connectivity index (χ1) is 17.5. The zero-order chi connectivity index (χ0) is 25.3. The lowest BCUT2D eigenvalue weighted by molar-refractivity contribution is -0.119. The Morgan fingerprint density at radius 3 is 2.44 bits per heavy atom. The van der Waals surface area contributed by atoms with Gasteiger partial charge in [0.1, 0.15) is 6.33 Å². The number of carbonyl (C=O) groups excluding carboxylic acids is 2. The van der Waals surface area contributed by atoms with E-state index in [1.54, 1.807) is 0 Å². The number of H-pyrrole nitrogens is 1. The number of amides is 2. The maximum Gasteiger partial charge on any atom is 0.254 e. The molecule has 3 aromatic rings. The van der Waals surface area contributed by atoms with E-state index in [2.05, 4.69) is 35.1 Å². The number of carbonyl (C=O) groups is 2. The van der Waals surface area contributed by atoms with E-state index >= 15 is 0 Å². The summed E-state index contributed by atoms with van der Waals surface area (Å²) in [6.45, 7) is 6.03. The summed E-state index contributed by atoms with van der Waals surface area (Å²) in [5.41, 5.74) is 3.39. The number of rotatable bonds is 4. The van der Waals surface area contributed by atoms with Crippen molar-refractivity contribution in [2.75, 3.05) is 18.0 Å². The van der Waals surface area contributed by atoms with Crippen LogP contribution < -0.4 is 4.90 Å². The first kappa shape index (κ1) is 25.6. The van der Waals surface area contributed by atoms with E-state index in [1.165, 1.54) is 6.33 Å². The largest absolute Gasteiger partial charge is 0.334 e. The van der Waals surface area contributed by atoms with Crippen LogP contribution in [0.15, 0.2) is 54.9 Å². The Hall–Kier alpha value is -3.48. The fraction of sp³-hybridized carbons (Fsp3) is 0.448. The van der Waals surface area contributed by atoms with Gasteiger partial charge in [-0.15, -0.1) is 0 Å². The predicted octanol–water partition coefficient (Wildman–Crippen LogP) is 5.85. The van der Waals surface area contributed by atoms with Crippen LogP contribution in [0.5, 0.6) is 0 Å². The fourth-order valence-corrected chi connectivity index (χ4v) is 4.81. The molecular weight excluding hydrogens is 450 g/mol. The molecule has 0 spiro atoms. The van der Waals surface area contributed by atoms with Crippen molar-refractivity contribution in [3.63, 3.8) is 0 Å². The monoisotopic (exact) mass is 487 g/mol. The zero-order valence-electron chi connectivity index (χ0n) is 21.4. The van der Waals surface area contributed by atoms with E-state index < -0.39 is 0 Å². The molecule has 7 nitrogen and oxygen atoms in total. The summed E-state index contributed by atoms with van der Waals surface area (Å²) >= 11 is 0. The lowest BCUT2D eigenvalue weighted by atomic mass is 10.1. The highest BCUT2D eigenvalue weighted by Crippen LogP contribution is 2.26. The molecule has 2 heterocycles. The molecule has 1 aromatic heterocycles. The van der Waals surface area contributed by atoms with Crippen molar-refractivity contribution in [1.29, 1.82) is 0 Å². The molecule has 0 saturated heterocycles. The SMILES string of the molecule is CC(C)CC(=O)N1CCCCCCCCN(C(=O)c2cccc(-c3ncn[nH]3)c2)Cc2ccccc21. The molecule has 2 aromatic carbocycles. The minimum Gasteiger partial charge on any atom is -0.334 e. The highest BCUT2D eigenvalue weighted by atomic mass is 16.2. The van der Waals surface area contributed by atoms with E-state index in [9.17, 15) is 9.59 Å². The molecule has 1 aliphatic rings. The van der Waals surface area contributed by atoms with Gasteiger partial charge in [0.25, 0.3) is 5.91 Å². The van der Waals surface area contributed by atoms with Gasteiger partial charge >= 0.3 is 0 Å². The Kier molecular flexibility index (Phi) is 8.87. The molecule has 0 aliphatic carbocycles. The number of nitrogens with one attached hydrogen (secondary N) is 1. The second-order valence-corrected chi connectivity index (χ2v) is 10.0. The van der Waals surface area contributed by atoms with Crippen LogP contribution >= 0.6 is 0 Å². The molecule has 1 aliphatic heterocycles. The number of nitrogens with zero attached hydrogens (tertiary/aromatic N) is 4. The van der Waals surface area contributed by atoms with E-state index in [4.69, 9.17) is 0 Å². The number of hydrogen-bond acceptors (Lipinski definition) is 4. The van der Waals surface area contributed by atoms with Crippen molar-refractivity contribution in [2.24, 2.45) is 5.92 Å². The van der Waals surface area contributed by atoms with Gasteiger partial charge in [0.2, 0.25) is 5.91 Å². The number of benzene rings is 2. The number of anilines is 1. The second-order valence-electron chi connectivity index (χ2n) is 10.0. The van der Waals surface area contributed by atoms with Crippen LogP contribution in [0.25, 0.3) is 11.4 Å². The number of fused-ring (bicyclic) bond motifs is 1. The summed E-state index contributed by atoms with van der Waals surface area (Å²) in [6.07, 6.45) is 8.46. The second kappa shape index (κ2) is 12.5. The van der Waals surface area contributed by atoms with Gasteiger partial charge < -0.3 is 9.80 Å². The van der Waals surface area contributed by atoms with Crippen molar-refractivity contribution < 1.29 is 9.59 Å². The van der Waals surface area contributed by atoms with Crippen molar-refractivity contribution in [3.05, 3.63) is 66.0 Å². The third-order valence-electron chi connectivity index (χ3n) is 6.67. The zero-order valence-corrected chi connectivity index (χ0v) is 21.4. The highest BCUT2D eigenvalue weighted by Gasteiger charge is 2.23. The molecule has 0 bridgehead atoms. The molecule has 4 rings (SSSR count). The maximum absolute atomic E-state index is 13.8. The smallest absolute Gasteiger partial charge is 0.254 e. The Bertz CT molecular complexity index is 1140. The van der Waals surface area contributed by atoms with Gasteiger partial charge in [-0.1, -0.05) is 69.9 Å². The maximum atomic E-state index is 13.8. The van der Waals surface area contributed by atoms with Gasteiger partial charge in [-0.2, -0.15) is 5.10 Å². The number of para-hydroxylation sites is 1. The van der Waals surface area contributed by atoms with Crippen LogP contribution in [-0.2, 0) is 11.3 Å². The summed E-state index contributed by atoms with van der Waals surface area (Å²) in [7, 11) is 0. The Morgan fingerprint density at radius 2 is 1.69 bits per heavy atom. The number of aromatic amines is 1. The van der Waals surface area contributed by atoms with Gasteiger partial charge in [-0.3, -0.25) is 14.7 Å². The summed E-state index contributed by atoms with van der Waals surface area (Å²) in [4.78, 5) is 35.2. The Balaban J connectivity index is 1.65. The van der Waals surface area contributed by atoms with E-state index in [0.29, 0.717) is 36.8 Å². The lowest BCUT2D eigenvalue weighted by Gasteiger charge is -2.29. The standard InChI is InChI=1S/C29H37N5O2/c1-22(2)18-27(35)34-17-10-6-4-3-5-9-16-33(20-25-12-7-8-15-26(25)34)29(36)24-14-11-13-23(19-24)28-30-21-31-32-28/h7-8,11-15,19,21-22H,3-6,9-10,16-18,20H2,1-2H3,(H,30,31,32). The molecule has 2 amide bonds. The van der Waals surface area contributed by atoms with Crippen molar-refractivity contribution in [2.45, 2.75) is 65.3 Å². The molecular formula is C29H37N5O2. The van der Waals surface area contributed by atoms with Gasteiger partial charge in [0.15, 0.2) is 5.82 Å². The molecule has 0 radical (unpaired) electrons. The van der Waals surface area contributed by atoms with Gasteiger partial charge in [0, 0.05) is 42.9 Å². The quantitative estimate of drug-likeness (QED) is 0.501. The van der Waals surface area contributed by atoms with E-state index in [0.717, 1.165) is 61.9 Å². The first-order valence-electron chi connectivity index (χ1n) is 13.2. The third kappa shape index (κ3) is 6.59. The number of aromatic nitrogens is 3. The van der Waals surface area contributed by atoms with Crippen LogP contribution in [0.4, 0.5) is 5.69 Å². The first-order valence-corrected chi connectivity index (χ1v) is 13.2. The van der Waals surface area contributed by atoms with Crippen LogP contribution in [0.3, 0.4) is 0 Å². The molecule has 0 atom stereocenters. The summed E-state index contributed by atoms with van der Waals surface area (Å²) in [5, 5.41) is 6.80. The van der Waals surface area contributed by atoms with Crippen LogP contribution in [0.1, 0.15) is 74.7 Å².